The van der Waals surface area contributed by atoms with Gasteiger partial charge in [-0.05, 0) is 51.9 Å². The van der Waals surface area contributed by atoms with Crippen LogP contribution in [0.15, 0.2) is 11.6 Å². The zero-order valence-electron chi connectivity index (χ0n) is 18.1. The molecule has 0 N–H and O–H groups in total. The highest BCUT2D eigenvalue weighted by atomic mass is 16.6. The maximum atomic E-state index is 11.9. The number of hydrogen-bond acceptors (Lipinski definition) is 6. The van der Waals surface area contributed by atoms with Crippen LogP contribution in [0.1, 0.15) is 85.5 Å². The largest absolute Gasteiger partial charge is 0.462 e. The van der Waals surface area contributed by atoms with E-state index in [1.165, 1.54) is 19.4 Å². The third kappa shape index (κ3) is 4.84. The van der Waals surface area contributed by atoms with E-state index >= 15 is 0 Å². The second-order valence-corrected chi connectivity index (χ2v) is 9.39. The van der Waals surface area contributed by atoms with Crippen LogP contribution < -0.4 is 0 Å². The number of allylic oxidation sites excluding steroid dienone is 1. The Kier molecular flexibility index (Phi) is 6.39. The smallest absolute Gasteiger partial charge is 0.306 e. The van der Waals surface area contributed by atoms with Crippen molar-refractivity contribution in [2.45, 2.75) is 103 Å². The Bertz CT molecular complexity index is 697. The average molecular weight is 407 g/mol. The van der Waals surface area contributed by atoms with Gasteiger partial charge in [-0.2, -0.15) is 0 Å². The van der Waals surface area contributed by atoms with Gasteiger partial charge >= 0.3 is 17.9 Å². The molecule has 1 aliphatic heterocycles. The minimum Gasteiger partial charge on any atom is -0.462 e. The van der Waals surface area contributed by atoms with Crippen LogP contribution in [0.5, 0.6) is 0 Å². The van der Waals surface area contributed by atoms with Gasteiger partial charge < -0.3 is 14.2 Å². The molecule has 5 atom stereocenters. The summed E-state index contributed by atoms with van der Waals surface area (Å²) in [5.41, 5.74) is 0.672. The molecule has 0 aromatic heterocycles. The van der Waals surface area contributed by atoms with Gasteiger partial charge in [0.1, 0.15) is 17.8 Å². The van der Waals surface area contributed by atoms with Gasteiger partial charge in [0.25, 0.3) is 0 Å². The lowest BCUT2D eigenvalue weighted by Crippen LogP contribution is -2.34. The molecule has 162 valence electrons. The van der Waals surface area contributed by atoms with Gasteiger partial charge in [0.15, 0.2) is 0 Å². The topological polar surface area (TPSA) is 78.9 Å². The molecule has 1 spiro atoms. The lowest BCUT2D eigenvalue weighted by atomic mass is 9.79. The zero-order chi connectivity index (χ0) is 21.2. The molecular formula is C23H34O6. The highest BCUT2D eigenvalue weighted by Crippen LogP contribution is 2.50. The van der Waals surface area contributed by atoms with Gasteiger partial charge in [-0.1, -0.05) is 18.6 Å². The number of rotatable bonds is 6. The van der Waals surface area contributed by atoms with E-state index in [2.05, 4.69) is 19.9 Å². The van der Waals surface area contributed by atoms with E-state index in [0.29, 0.717) is 25.7 Å². The molecule has 3 rings (SSSR count). The number of esters is 3. The van der Waals surface area contributed by atoms with Crippen LogP contribution in [-0.2, 0) is 28.6 Å². The lowest BCUT2D eigenvalue weighted by molar-refractivity contribution is -0.153. The minimum atomic E-state index is -0.532. The Morgan fingerprint density at radius 2 is 1.90 bits per heavy atom. The summed E-state index contributed by atoms with van der Waals surface area (Å²) in [6.45, 7) is 7.20. The fourth-order valence-corrected chi connectivity index (χ4v) is 5.71. The van der Waals surface area contributed by atoms with Crippen molar-refractivity contribution >= 4 is 17.9 Å². The van der Waals surface area contributed by atoms with Crippen molar-refractivity contribution in [1.82, 2.24) is 0 Å². The Hall–Kier alpha value is -1.85. The van der Waals surface area contributed by atoms with Crippen molar-refractivity contribution < 1.29 is 28.6 Å². The molecule has 2 saturated carbocycles. The SMILES string of the molecule is CC(=O)O[C@H]1C[C@@H](/C(C)=C/CC[C@@]2(C)CCC[C@@H]2OC(C)=O)[C@@]2(CCC(=O)O2)C1. The molecule has 0 amide bonds. The molecule has 0 unspecified atom stereocenters. The Labute approximate surface area is 173 Å². The molecular weight excluding hydrogens is 372 g/mol. The van der Waals surface area contributed by atoms with Crippen molar-refractivity contribution in [3.8, 4) is 0 Å². The average Bonchev–Trinajstić information content (AvgIpc) is 3.26. The van der Waals surface area contributed by atoms with Crippen LogP contribution in [0.25, 0.3) is 0 Å². The summed E-state index contributed by atoms with van der Waals surface area (Å²) in [6, 6.07) is 0. The van der Waals surface area contributed by atoms with Crippen LogP contribution in [0.2, 0.25) is 0 Å². The highest BCUT2D eigenvalue weighted by Gasteiger charge is 2.54. The lowest BCUT2D eigenvalue weighted by Gasteiger charge is -2.32. The molecule has 1 heterocycles. The molecule has 0 bridgehead atoms. The summed E-state index contributed by atoms with van der Waals surface area (Å²) in [6.07, 6.45) is 9.36. The van der Waals surface area contributed by atoms with Crippen LogP contribution >= 0.6 is 0 Å². The molecule has 0 aromatic rings. The zero-order valence-corrected chi connectivity index (χ0v) is 18.1. The Morgan fingerprint density at radius 3 is 2.52 bits per heavy atom. The normalized spacial score (nSPS) is 37.0. The molecule has 2 aliphatic carbocycles. The summed E-state index contributed by atoms with van der Waals surface area (Å²) in [5.74, 6) is -0.572. The molecule has 0 radical (unpaired) electrons. The summed E-state index contributed by atoms with van der Waals surface area (Å²) in [5, 5.41) is 0. The number of carbonyl (C=O) groups excluding carboxylic acids is 3. The number of ether oxygens (including phenoxy) is 3. The fourth-order valence-electron chi connectivity index (χ4n) is 5.71. The summed E-state index contributed by atoms with van der Waals surface area (Å²) in [7, 11) is 0. The first-order chi connectivity index (χ1) is 13.6. The molecule has 29 heavy (non-hydrogen) atoms. The van der Waals surface area contributed by atoms with E-state index in [1.807, 2.05) is 0 Å². The predicted molar refractivity (Wildman–Crippen MR) is 107 cm³/mol. The molecule has 1 saturated heterocycles. The Balaban J connectivity index is 1.66. The maximum Gasteiger partial charge on any atom is 0.306 e. The third-order valence-electron chi connectivity index (χ3n) is 7.14. The van der Waals surface area contributed by atoms with Crippen LogP contribution in [0, 0.1) is 11.3 Å². The summed E-state index contributed by atoms with van der Waals surface area (Å²) in [4.78, 5) is 34.7. The highest BCUT2D eigenvalue weighted by molar-refractivity contribution is 5.72. The van der Waals surface area contributed by atoms with E-state index in [1.54, 1.807) is 0 Å². The Morgan fingerprint density at radius 1 is 1.17 bits per heavy atom. The van der Waals surface area contributed by atoms with Crippen LogP contribution in [-0.4, -0.2) is 35.7 Å². The number of hydrogen-bond donors (Lipinski definition) is 0. The first-order valence-electron chi connectivity index (χ1n) is 10.9. The van der Waals surface area contributed by atoms with Gasteiger partial charge in [0.05, 0.1) is 0 Å². The van der Waals surface area contributed by atoms with Gasteiger partial charge in [-0.3, -0.25) is 14.4 Å². The quantitative estimate of drug-likeness (QED) is 0.373. The monoisotopic (exact) mass is 406 g/mol. The number of carbonyl (C=O) groups is 3. The summed E-state index contributed by atoms with van der Waals surface area (Å²) < 4.78 is 16.8. The minimum absolute atomic E-state index is 0.00402. The van der Waals surface area contributed by atoms with Gasteiger partial charge in [0, 0.05) is 38.0 Å². The van der Waals surface area contributed by atoms with Gasteiger partial charge in [-0.25, -0.2) is 0 Å². The van der Waals surface area contributed by atoms with Crippen molar-refractivity contribution in [3.05, 3.63) is 11.6 Å². The van der Waals surface area contributed by atoms with Gasteiger partial charge in [-0.15, -0.1) is 0 Å². The first-order valence-corrected chi connectivity index (χ1v) is 10.9. The molecule has 3 fully saturated rings. The van der Waals surface area contributed by atoms with Crippen molar-refractivity contribution in [2.75, 3.05) is 0 Å². The van der Waals surface area contributed by atoms with E-state index in [-0.39, 0.29) is 41.4 Å². The van der Waals surface area contributed by atoms with Crippen LogP contribution in [0.3, 0.4) is 0 Å². The molecule has 6 nitrogen and oxygen atoms in total. The van der Waals surface area contributed by atoms with Crippen molar-refractivity contribution in [2.24, 2.45) is 11.3 Å². The fraction of sp³-hybridized carbons (Fsp3) is 0.783. The van der Waals surface area contributed by atoms with Gasteiger partial charge in [0.2, 0.25) is 0 Å². The predicted octanol–water partition coefficient (Wildman–Crippen LogP) is 4.25. The second-order valence-electron chi connectivity index (χ2n) is 9.39. The third-order valence-corrected chi connectivity index (χ3v) is 7.14. The first kappa shape index (κ1) is 21.8. The van der Waals surface area contributed by atoms with E-state index in [9.17, 15) is 14.4 Å². The molecule has 3 aliphatic rings. The standard InChI is InChI=1S/C23H34O6/c1-15(7-5-10-22(4)11-6-8-20(22)28-17(3)25)19-13-18(27-16(2)24)14-23(19)12-9-21(26)29-23/h7,18-20H,5-6,8-14H2,1-4H3/b15-7+/t18-,19-,20-,22-,23+/m0/s1. The van der Waals surface area contributed by atoms with Crippen molar-refractivity contribution in [1.29, 1.82) is 0 Å². The van der Waals surface area contributed by atoms with E-state index in [0.717, 1.165) is 32.1 Å². The molecule has 0 aromatic carbocycles. The summed E-state index contributed by atoms with van der Waals surface area (Å²) >= 11 is 0. The van der Waals surface area contributed by atoms with Crippen molar-refractivity contribution in [3.63, 3.8) is 0 Å². The molecule has 6 heteroatoms. The van der Waals surface area contributed by atoms with Crippen LogP contribution in [0.4, 0.5) is 0 Å². The van der Waals surface area contributed by atoms with E-state index < -0.39 is 5.60 Å². The maximum absolute atomic E-state index is 11.9. The second kappa shape index (κ2) is 8.49. The van der Waals surface area contributed by atoms with E-state index in [4.69, 9.17) is 14.2 Å².